The molecule has 0 unspecified atom stereocenters. The molecule has 7 nitrogen and oxygen atoms in total. The molecule has 0 aliphatic carbocycles. The maximum Gasteiger partial charge on any atom is 0.234 e. The Labute approximate surface area is 78.0 Å². The molecule has 1 amide bonds. The summed E-state index contributed by atoms with van der Waals surface area (Å²) in [6.07, 6.45) is 1.14. The van der Waals surface area contributed by atoms with Crippen LogP contribution in [-0.4, -0.2) is 36.0 Å². The van der Waals surface area contributed by atoms with E-state index in [1.54, 1.807) is 0 Å². The van der Waals surface area contributed by atoms with E-state index in [4.69, 9.17) is 0 Å². The summed E-state index contributed by atoms with van der Waals surface area (Å²) >= 11 is 0. The zero-order chi connectivity index (χ0) is 10.6. The molecule has 1 N–H and O–H groups in total. The van der Waals surface area contributed by atoms with E-state index in [2.05, 4.69) is 10.6 Å². The van der Waals surface area contributed by atoms with Crippen LogP contribution in [0.25, 0.3) is 0 Å². The molecule has 0 aromatic rings. The molecule has 0 aromatic carbocycles. The Hall–Kier alpha value is -2.31. The second-order valence-corrected chi connectivity index (χ2v) is 2.22. The third-order valence-electron chi connectivity index (χ3n) is 1.54. The average Bonchev–Trinajstić information content (AvgIpc) is 2.26. The van der Waals surface area contributed by atoms with Gasteiger partial charge in [-0.05, 0) is 0 Å². The van der Waals surface area contributed by atoms with E-state index in [0.29, 0.717) is 11.3 Å². The molecule has 7 heteroatoms. The van der Waals surface area contributed by atoms with Gasteiger partial charge in [-0.25, -0.2) is 10.5 Å². The number of carbonyl (C=O) groups is 4. The third kappa shape index (κ3) is 1.42. The largest absolute Gasteiger partial charge is 0.298 e. The van der Waals surface area contributed by atoms with Crippen LogP contribution in [0.5, 0.6) is 0 Å². The molecule has 0 saturated heterocycles. The number of aldehydes is 3. The Morgan fingerprint density at radius 1 is 1.07 bits per heavy atom. The summed E-state index contributed by atoms with van der Waals surface area (Å²) in [7, 11) is 0. The topological polar surface area (TPSA) is 95.9 Å². The normalized spacial score (nSPS) is 15.4. The molecule has 0 bridgehead atoms. The second kappa shape index (κ2) is 4.08. The summed E-state index contributed by atoms with van der Waals surface area (Å²) in [5, 5.41) is 4.09. The second-order valence-electron chi connectivity index (χ2n) is 2.22. The highest BCUT2D eigenvalue weighted by Crippen LogP contribution is 2.08. The first-order chi connectivity index (χ1) is 6.78. The van der Waals surface area contributed by atoms with Crippen molar-refractivity contribution in [1.29, 1.82) is 0 Å². The van der Waals surface area contributed by atoms with Gasteiger partial charge in [-0.15, -0.1) is 0 Å². The van der Waals surface area contributed by atoms with Gasteiger partial charge in [0, 0.05) is 0 Å². The minimum Gasteiger partial charge on any atom is -0.298 e. The Morgan fingerprint density at radius 2 is 1.79 bits per heavy atom. The number of hydrazine groups is 1. The van der Waals surface area contributed by atoms with Crippen molar-refractivity contribution in [3.63, 3.8) is 0 Å². The van der Waals surface area contributed by atoms with E-state index in [1.165, 1.54) is 0 Å². The van der Waals surface area contributed by atoms with Crippen LogP contribution in [-0.2, 0) is 19.2 Å². The fourth-order valence-electron chi connectivity index (χ4n) is 0.894. The molecule has 14 heavy (non-hydrogen) atoms. The van der Waals surface area contributed by atoms with Crippen LogP contribution in [0.3, 0.4) is 0 Å². The Morgan fingerprint density at radius 3 is 2.21 bits per heavy atom. The standard InChI is InChI=1S/C7H5N3O4/c11-1-5-6(2-12)8-9-10(4-14)7(5)3-13/h1-4,9H. The maximum atomic E-state index is 10.5. The molecular weight excluding hydrogens is 190 g/mol. The number of amides is 1. The van der Waals surface area contributed by atoms with Crippen molar-refractivity contribution >= 4 is 31.0 Å². The number of hydrogen-bond donors (Lipinski definition) is 1. The minimum atomic E-state index is -0.243. The highest BCUT2D eigenvalue weighted by Gasteiger charge is 2.22. The predicted octanol–water partition coefficient (Wildman–Crippen LogP) is -1.83. The van der Waals surface area contributed by atoms with Gasteiger partial charge in [-0.2, -0.15) is 5.10 Å². The zero-order valence-corrected chi connectivity index (χ0v) is 6.84. The molecule has 0 atom stereocenters. The van der Waals surface area contributed by atoms with Crippen molar-refractivity contribution in [3.05, 3.63) is 11.3 Å². The van der Waals surface area contributed by atoms with Crippen molar-refractivity contribution in [1.82, 2.24) is 10.5 Å². The highest BCUT2D eigenvalue weighted by atomic mass is 16.2. The van der Waals surface area contributed by atoms with Crippen molar-refractivity contribution in [2.45, 2.75) is 0 Å². The van der Waals surface area contributed by atoms with Gasteiger partial charge in [0.05, 0.1) is 5.57 Å². The van der Waals surface area contributed by atoms with Crippen LogP contribution in [0.15, 0.2) is 16.4 Å². The molecular formula is C7H5N3O4. The number of nitrogens with one attached hydrogen (secondary N) is 1. The quantitative estimate of drug-likeness (QED) is 0.532. The number of hydrogen-bond acceptors (Lipinski definition) is 6. The molecule has 72 valence electrons. The number of nitrogens with zero attached hydrogens (tertiary/aromatic N) is 2. The molecule has 0 fully saturated rings. The van der Waals surface area contributed by atoms with E-state index >= 15 is 0 Å². The van der Waals surface area contributed by atoms with Crippen molar-refractivity contribution < 1.29 is 19.2 Å². The average molecular weight is 195 g/mol. The van der Waals surface area contributed by atoms with E-state index in [0.717, 1.165) is 0 Å². The smallest absolute Gasteiger partial charge is 0.234 e. The van der Waals surface area contributed by atoms with Gasteiger partial charge in [0.15, 0.2) is 18.9 Å². The summed E-state index contributed by atoms with van der Waals surface area (Å²) in [6.45, 7) is 0. The van der Waals surface area contributed by atoms with E-state index < -0.39 is 0 Å². The van der Waals surface area contributed by atoms with Crippen LogP contribution in [0.1, 0.15) is 0 Å². The lowest BCUT2D eigenvalue weighted by Gasteiger charge is -2.21. The van der Waals surface area contributed by atoms with Gasteiger partial charge in [-0.1, -0.05) is 0 Å². The Kier molecular flexibility index (Phi) is 2.85. The molecule has 1 aliphatic rings. The van der Waals surface area contributed by atoms with Crippen LogP contribution >= 0.6 is 0 Å². The van der Waals surface area contributed by atoms with Crippen LogP contribution in [0, 0.1) is 0 Å². The molecule has 0 radical (unpaired) electrons. The summed E-state index contributed by atoms with van der Waals surface area (Å²) < 4.78 is 0. The molecule has 1 heterocycles. The Balaban J connectivity index is 3.26. The number of carbonyl (C=O) groups excluding carboxylic acids is 4. The SMILES string of the molecule is O=CC1=NNN(C=O)C(C=O)=C1C=O. The van der Waals surface area contributed by atoms with Gasteiger partial charge in [0.1, 0.15) is 11.4 Å². The molecule has 0 spiro atoms. The number of hydrazone groups is 1. The summed E-state index contributed by atoms with van der Waals surface area (Å²) in [5.41, 5.74) is 1.42. The molecule has 0 aromatic heterocycles. The summed E-state index contributed by atoms with van der Waals surface area (Å²) in [5.74, 6) is 0. The summed E-state index contributed by atoms with van der Waals surface area (Å²) in [4.78, 5) is 41.8. The zero-order valence-electron chi connectivity index (χ0n) is 6.84. The lowest BCUT2D eigenvalue weighted by atomic mass is 10.1. The van der Waals surface area contributed by atoms with Gasteiger partial charge in [0.2, 0.25) is 6.41 Å². The van der Waals surface area contributed by atoms with Crippen LogP contribution in [0.2, 0.25) is 0 Å². The fraction of sp³-hybridized carbons (Fsp3) is 0. The summed E-state index contributed by atoms with van der Waals surface area (Å²) in [6, 6.07) is 0. The highest BCUT2D eigenvalue weighted by molar-refractivity contribution is 6.42. The molecule has 1 rings (SSSR count). The lowest BCUT2D eigenvalue weighted by molar-refractivity contribution is -0.121. The first-order valence-corrected chi connectivity index (χ1v) is 3.46. The Bertz CT molecular complexity index is 358. The van der Waals surface area contributed by atoms with Crippen molar-refractivity contribution in [2.75, 3.05) is 0 Å². The molecule has 0 saturated carbocycles. The fourth-order valence-corrected chi connectivity index (χ4v) is 0.894. The maximum absolute atomic E-state index is 10.5. The van der Waals surface area contributed by atoms with E-state index in [9.17, 15) is 19.2 Å². The molecule has 1 aliphatic heterocycles. The number of allylic oxidation sites excluding steroid dienone is 2. The van der Waals surface area contributed by atoms with Gasteiger partial charge < -0.3 is 0 Å². The first-order valence-electron chi connectivity index (χ1n) is 3.46. The van der Waals surface area contributed by atoms with Crippen molar-refractivity contribution in [3.8, 4) is 0 Å². The van der Waals surface area contributed by atoms with Gasteiger partial charge in [0.25, 0.3) is 0 Å². The minimum absolute atomic E-state index is 0.221. The van der Waals surface area contributed by atoms with E-state index in [1.807, 2.05) is 0 Å². The predicted molar refractivity (Wildman–Crippen MR) is 43.7 cm³/mol. The first kappa shape index (κ1) is 9.78. The number of rotatable bonds is 4. The van der Waals surface area contributed by atoms with Gasteiger partial charge >= 0.3 is 0 Å². The van der Waals surface area contributed by atoms with Gasteiger partial charge in [-0.3, -0.25) is 19.2 Å². The van der Waals surface area contributed by atoms with Crippen molar-refractivity contribution in [2.24, 2.45) is 5.10 Å². The van der Waals surface area contributed by atoms with E-state index in [-0.39, 0.29) is 36.0 Å². The third-order valence-corrected chi connectivity index (χ3v) is 1.54. The monoisotopic (exact) mass is 195 g/mol. The van der Waals surface area contributed by atoms with Crippen LogP contribution < -0.4 is 5.53 Å². The van der Waals surface area contributed by atoms with Crippen LogP contribution in [0.4, 0.5) is 0 Å². The lowest BCUT2D eigenvalue weighted by Crippen LogP contribution is -2.39.